The van der Waals surface area contributed by atoms with Gasteiger partial charge in [-0.2, -0.15) is 0 Å². The van der Waals surface area contributed by atoms with Gasteiger partial charge in [0.1, 0.15) is 6.04 Å². The normalized spacial score (nSPS) is 22.5. The SMILES string of the molecule is CCCCC/C=C(\C)C(=O)N1CCC[C@H]1C(=O)N1CCCC1. The fraction of sp³-hybridized carbons (Fsp3) is 0.778. The molecule has 0 N–H and O–H groups in total. The van der Waals surface area contributed by atoms with Gasteiger partial charge in [-0.1, -0.05) is 25.8 Å². The fourth-order valence-electron chi connectivity index (χ4n) is 3.44. The Bertz CT molecular complexity index is 425. The van der Waals surface area contributed by atoms with Crippen LogP contribution < -0.4 is 0 Å². The number of hydrogen-bond acceptors (Lipinski definition) is 2. The molecule has 0 aromatic rings. The van der Waals surface area contributed by atoms with Crippen molar-refractivity contribution in [2.75, 3.05) is 19.6 Å². The molecule has 22 heavy (non-hydrogen) atoms. The molecule has 4 heteroatoms. The predicted molar refractivity (Wildman–Crippen MR) is 88.4 cm³/mol. The van der Waals surface area contributed by atoms with Crippen molar-refractivity contribution in [3.8, 4) is 0 Å². The minimum absolute atomic E-state index is 0.0616. The third-order valence-corrected chi connectivity index (χ3v) is 4.81. The van der Waals surface area contributed by atoms with Crippen LogP contribution in [0.15, 0.2) is 11.6 Å². The van der Waals surface area contributed by atoms with Crippen molar-refractivity contribution in [1.29, 1.82) is 0 Å². The second-order valence-corrected chi connectivity index (χ2v) is 6.57. The van der Waals surface area contributed by atoms with E-state index in [-0.39, 0.29) is 17.9 Å². The van der Waals surface area contributed by atoms with E-state index >= 15 is 0 Å². The van der Waals surface area contributed by atoms with Crippen LogP contribution in [0.25, 0.3) is 0 Å². The summed E-state index contributed by atoms with van der Waals surface area (Å²) in [6.07, 6.45) is 10.5. The molecule has 2 amide bonds. The highest BCUT2D eigenvalue weighted by Gasteiger charge is 2.37. The van der Waals surface area contributed by atoms with Gasteiger partial charge in [-0.15, -0.1) is 0 Å². The molecule has 0 aliphatic carbocycles. The lowest BCUT2D eigenvalue weighted by molar-refractivity contribution is -0.141. The van der Waals surface area contributed by atoms with Gasteiger partial charge in [-0.3, -0.25) is 9.59 Å². The number of allylic oxidation sites excluding steroid dienone is 1. The molecule has 2 rings (SSSR count). The maximum Gasteiger partial charge on any atom is 0.249 e. The van der Waals surface area contributed by atoms with Crippen LogP contribution in [-0.2, 0) is 9.59 Å². The van der Waals surface area contributed by atoms with Crippen LogP contribution in [0.3, 0.4) is 0 Å². The second-order valence-electron chi connectivity index (χ2n) is 6.57. The van der Waals surface area contributed by atoms with Crippen molar-refractivity contribution in [3.05, 3.63) is 11.6 Å². The molecule has 2 fully saturated rings. The maximum atomic E-state index is 12.6. The van der Waals surface area contributed by atoms with E-state index in [2.05, 4.69) is 6.92 Å². The number of rotatable bonds is 6. The first-order valence-electron chi connectivity index (χ1n) is 8.91. The smallest absolute Gasteiger partial charge is 0.249 e. The van der Waals surface area contributed by atoms with E-state index in [4.69, 9.17) is 0 Å². The Morgan fingerprint density at radius 2 is 1.82 bits per heavy atom. The molecule has 2 aliphatic rings. The Labute approximate surface area is 134 Å². The van der Waals surface area contributed by atoms with Crippen LogP contribution in [-0.4, -0.2) is 47.3 Å². The van der Waals surface area contributed by atoms with E-state index in [1.54, 1.807) is 0 Å². The molecule has 2 heterocycles. The molecule has 0 aromatic heterocycles. The lowest BCUT2D eigenvalue weighted by Crippen LogP contribution is -2.47. The average Bonchev–Trinajstić information content (AvgIpc) is 3.21. The van der Waals surface area contributed by atoms with Gasteiger partial charge in [-0.25, -0.2) is 0 Å². The monoisotopic (exact) mass is 306 g/mol. The average molecular weight is 306 g/mol. The summed E-state index contributed by atoms with van der Waals surface area (Å²) in [6.45, 7) is 6.53. The van der Waals surface area contributed by atoms with Crippen LogP contribution in [0.4, 0.5) is 0 Å². The first-order valence-corrected chi connectivity index (χ1v) is 8.91. The second kappa shape index (κ2) is 8.35. The van der Waals surface area contributed by atoms with E-state index < -0.39 is 0 Å². The van der Waals surface area contributed by atoms with E-state index in [1.807, 2.05) is 22.8 Å². The maximum absolute atomic E-state index is 12.6. The largest absolute Gasteiger partial charge is 0.341 e. The topological polar surface area (TPSA) is 40.6 Å². The standard InChI is InChI=1S/C18H30N2O2/c1-3-4-5-6-10-15(2)17(21)20-14-9-11-16(20)18(22)19-12-7-8-13-19/h10,16H,3-9,11-14H2,1-2H3/b15-10+/t16-/m0/s1. The highest BCUT2D eigenvalue weighted by molar-refractivity contribution is 5.97. The van der Waals surface area contributed by atoms with Crippen molar-refractivity contribution < 1.29 is 9.59 Å². The molecule has 0 unspecified atom stereocenters. The molecule has 0 bridgehead atoms. The van der Waals surface area contributed by atoms with Crippen molar-refractivity contribution in [2.45, 2.75) is 71.3 Å². The Hall–Kier alpha value is -1.32. The van der Waals surface area contributed by atoms with Gasteiger partial charge >= 0.3 is 0 Å². The minimum Gasteiger partial charge on any atom is -0.341 e. The molecule has 0 saturated carbocycles. The Balaban J connectivity index is 1.93. The Kier molecular flexibility index (Phi) is 6.47. The Morgan fingerprint density at radius 3 is 2.50 bits per heavy atom. The zero-order valence-electron chi connectivity index (χ0n) is 14.1. The number of hydrogen-bond donors (Lipinski definition) is 0. The summed E-state index contributed by atoms with van der Waals surface area (Å²) in [7, 11) is 0. The first kappa shape index (κ1) is 17.0. The Morgan fingerprint density at radius 1 is 1.09 bits per heavy atom. The summed E-state index contributed by atoms with van der Waals surface area (Å²) in [4.78, 5) is 29.0. The summed E-state index contributed by atoms with van der Waals surface area (Å²) >= 11 is 0. The number of carbonyl (C=O) groups is 2. The van der Waals surface area contributed by atoms with Crippen molar-refractivity contribution in [1.82, 2.24) is 9.80 Å². The molecular formula is C18H30N2O2. The van der Waals surface area contributed by atoms with E-state index in [0.29, 0.717) is 0 Å². The van der Waals surface area contributed by atoms with Crippen LogP contribution in [0.1, 0.15) is 65.2 Å². The van der Waals surface area contributed by atoms with Crippen molar-refractivity contribution in [3.63, 3.8) is 0 Å². The molecule has 0 spiro atoms. The minimum atomic E-state index is -0.218. The van der Waals surface area contributed by atoms with Crippen molar-refractivity contribution >= 4 is 11.8 Å². The summed E-state index contributed by atoms with van der Waals surface area (Å²) in [6, 6.07) is -0.218. The molecule has 2 aliphatic heterocycles. The lowest BCUT2D eigenvalue weighted by atomic mass is 10.1. The van der Waals surface area contributed by atoms with Gasteiger partial charge < -0.3 is 9.80 Å². The summed E-state index contributed by atoms with van der Waals surface area (Å²) in [5.41, 5.74) is 0.803. The summed E-state index contributed by atoms with van der Waals surface area (Å²) in [5, 5.41) is 0. The van der Waals surface area contributed by atoms with Gasteiger partial charge in [-0.05, 0) is 45.4 Å². The van der Waals surface area contributed by atoms with Crippen LogP contribution >= 0.6 is 0 Å². The molecule has 2 saturated heterocycles. The van der Waals surface area contributed by atoms with Gasteiger partial charge in [0.2, 0.25) is 11.8 Å². The number of nitrogens with zero attached hydrogens (tertiary/aromatic N) is 2. The number of likely N-dealkylation sites (tertiary alicyclic amines) is 2. The summed E-state index contributed by atoms with van der Waals surface area (Å²) in [5.74, 6) is 0.230. The number of carbonyl (C=O) groups excluding carboxylic acids is 2. The lowest BCUT2D eigenvalue weighted by Gasteiger charge is -2.28. The zero-order valence-corrected chi connectivity index (χ0v) is 14.1. The van der Waals surface area contributed by atoms with Gasteiger partial charge in [0.05, 0.1) is 0 Å². The molecule has 0 aromatic carbocycles. The van der Waals surface area contributed by atoms with Gasteiger partial charge in [0.15, 0.2) is 0 Å². The third-order valence-electron chi connectivity index (χ3n) is 4.81. The highest BCUT2D eigenvalue weighted by Crippen LogP contribution is 2.23. The first-order chi connectivity index (χ1) is 10.6. The number of amides is 2. The highest BCUT2D eigenvalue weighted by atomic mass is 16.2. The quantitative estimate of drug-likeness (QED) is 0.559. The van der Waals surface area contributed by atoms with Crippen molar-refractivity contribution in [2.24, 2.45) is 0 Å². The molecule has 0 radical (unpaired) electrons. The summed E-state index contributed by atoms with van der Waals surface area (Å²) < 4.78 is 0. The zero-order chi connectivity index (χ0) is 15.9. The van der Waals surface area contributed by atoms with Crippen LogP contribution in [0, 0.1) is 0 Å². The van der Waals surface area contributed by atoms with Gasteiger partial charge in [0, 0.05) is 25.2 Å². The fourth-order valence-corrected chi connectivity index (χ4v) is 3.44. The third kappa shape index (κ3) is 4.11. The molecule has 1 atom stereocenters. The van der Waals surface area contributed by atoms with E-state index in [9.17, 15) is 9.59 Å². The van der Waals surface area contributed by atoms with Gasteiger partial charge in [0.25, 0.3) is 0 Å². The molecule has 124 valence electrons. The molecular weight excluding hydrogens is 276 g/mol. The number of unbranched alkanes of at least 4 members (excludes halogenated alkanes) is 3. The van der Waals surface area contributed by atoms with Crippen LogP contribution in [0.2, 0.25) is 0 Å². The van der Waals surface area contributed by atoms with Crippen LogP contribution in [0.5, 0.6) is 0 Å². The predicted octanol–water partition coefficient (Wildman–Crippen LogP) is 3.13. The molecule has 4 nitrogen and oxygen atoms in total. The van der Waals surface area contributed by atoms with E-state index in [1.165, 1.54) is 12.8 Å². The van der Waals surface area contributed by atoms with E-state index in [0.717, 1.165) is 63.7 Å².